The first-order valence-electron chi connectivity index (χ1n) is 8.37. The van der Waals surface area contributed by atoms with E-state index in [0.717, 1.165) is 22.2 Å². The lowest BCUT2D eigenvalue weighted by Crippen LogP contribution is -2.36. The Balaban J connectivity index is 1.70. The Labute approximate surface area is 152 Å². The number of pyridine rings is 2. The largest absolute Gasteiger partial charge is 0.497 e. The number of hydrogen-bond acceptors (Lipinski definition) is 5. The SMILES string of the molecule is COc1cccc(S(=O)(=O)N2CCc3nc4ncc(C)cc4cc3C2)c1. The van der Waals surface area contributed by atoms with Crippen LogP contribution in [0.1, 0.15) is 16.8 Å². The molecule has 0 saturated carbocycles. The predicted octanol–water partition coefficient (Wildman–Crippen LogP) is 2.69. The monoisotopic (exact) mass is 369 g/mol. The maximum Gasteiger partial charge on any atom is 0.243 e. The summed E-state index contributed by atoms with van der Waals surface area (Å²) >= 11 is 0. The van der Waals surface area contributed by atoms with E-state index < -0.39 is 10.0 Å². The fourth-order valence-corrected chi connectivity index (χ4v) is 4.68. The van der Waals surface area contributed by atoms with Crippen molar-refractivity contribution < 1.29 is 13.2 Å². The average Bonchev–Trinajstić information content (AvgIpc) is 2.66. The summed E-state index contributed by atoms with van der Waals surface area (Å²) < 4.78 is 32.7. The molecule has 6 nitrogen and oxygen atoms in total. The molecule has 7 heteroatoms. The Bertz CT molecular complexity index is 1100. The van der Waals surface area contributed by atoms with E-state index in [-0.39, 0.29) is 4.90 Å². The van der Waals surface area contributed by atoms with Gasteiger partial charge >= 0.3 is 0 Å². The van der Waals surface area contributed by atoms with Gasteiger partial charge in [0.1, 0.15) is 5.75 Å². The average molecular weight is 369 g/mol. The lowest BCUT2D eigenvalue weighted by Gasteiger charge is -2.27. The van der Waals surface area contributed by atoms with Gasteiger partial charge in [0.2, 0.25) is 10.0 Å². The molecule has 1 aliphatic heterocycles. The van der Waals surface area contributed by atoms with Gasteiger partial charge in [-0.15, -0.1) is 0 Å². The quantitative estimate of drug-likeness (QED) is 0.710. The normalized spacial score (nSPS) is 15.0. The van der Waals surface area contributed by atoms with Crippen LogP contribution in [0.4, 0.5) is 0 Å². The zero-order chi connectivity index (χ0) is 18.3. The van der Waals surface area contributed by atoms with Crippen molar-refractivity contribution in [2.75, 3.05) is 13.7 Å². The number of benzene rings is 1. The van der Waals surface area contributed by atoms with Gasteiger partial charge < -0.3 is 4.74 Å². The molecule has 0 N–H and O–H groups in total. The number of nitrogens with zero attached hydrogens (tertiary/aromatic N) is 3. The molecule has 0 atom stereocenters. The zero-order valence-electron chi connectivity index (χ0n) is 14.6. The highest BCUT2D eigenvalue weighted by Gasteiger charge is 2.29. The zero-order valence-corrected chi connectivity index (χ0v) is 15.5. The molecule has 1 aromatic carbocycles. The minimum absolute atomic E-state index is 0.242. The van der Waals surface area contributed by atoms with Crippen LogP contribution in [0.2, 0.25) is 0 Å². The molecule has 1 aliphatic rings. The predicted molar refractivity (Wildman–Crippen MR) is 98.6 cm³/mol. The van der Waals surface area contributed by atoms with Crippen molar-refractivity contribution in [2.45, 2.75) is 24.8 Å². The van der Waals surface area contributed by atoms with Gasteiger partial charge in [0.05, 0.1) is 12.0 Å². The summed E-state index contributed by atoms with van der Waals surface area (Å²) in [5.41, 5.74) is 3.61. The van der Waals surface area contributed by atoms with Crippen molar-refractivity contribution in [3.8, 4) is 5.75 Å². The minimum Gasteiger partial charge on any atom is -0.497 e. The maximum absolute atomic E-state index is 13.0. The minimum atomic E-state index is -3.59. The fourth-order valence-electron chi connectivity index (χ4n) is 3.22. The van der Waals surface area contributed by atoms with E-state index in [1.807, 2.05) is 19.1 Å². The molecule has 3 aromatic rings. The summed E-state index contributed by atoms with van der Waals surface area (Å²) in [7, 11) is -2.07. The highest BCUT2D eigenvalue weighted by atomic mass is 32.2. The van der Waals surface area contributed by atoms with Crippen molar-refractivity contribution in [3.63, 3.8) is 0 Å². The number of aromatic nitrogens is 2. The summed E-state index contributed by atoms with van der Waals surface area (Å²) in [5, 5.41) is 0.935. The van der Waals surface area contributed by atoms with Crippen LogP contribution >= 0.6 is 0 Å². The number of aryl methyl sites for hydroxylation is 1. The summed E-state index contributed by atoms with van der Waals surface area (Å²) in [6.45, 7) is 2.69. The third-order valence-corrected chi connectivity index (χ3v) is 6.44. The Morgan fingerprint density at radius 2 is 2.04 bits per heavy atom. The van der Waals surface area contributed by atoms with Gasteiger partial charge in [-0.25, -0.2) is 18.4 Å². The van der Waals surface area contributed by atoms with E-state index in [1.165, 1.54) is 11.4 Å². The van der Waals surface area contributed by atoms with Gasteiger partial charge in [0, 0.05) is 42.9 Å². The Kier molecular flexibility index (Phi) is 4.13. The second-order valence-electron chi connectivity index (χ2n) is 6.42. The number of methoxy groups -OCH3 is 1. The van der Waals surface area contributed by atoms with Gasteiger partial charge in [-0.05, 0) is 42.3 Å². The Morgan fingerprint density at radius 3 is 2.85 bits per heavy atom. The highest BCUT2D eigenvalue weighted by molar-refractivity contribution is 7.89. The van der Waals surface area contributed by atoms with Crippen molar-refractivity contribution in [1.82, 2.24) is 14.3 Å². The maximum atomic E-state index is 13.0. The van der Waals surface area contributed by atoms with Gasteiger partial charge in [-0.1, -0.05) is 6.07 Å². The van der Waals surface area contributed by atoms with Crippen LogP contribution in [0.3, 0.4) is 0 Å². The first-order chi connectivity index (χ1) is 12.5. The second kappa shape index (κ2) is 6.34. The van der Waals surface area contributed by atoms with Crippen molar-refractivity contribution in [1.29, 1.82) is 0 Å². The topological polar surface area (TPSA) is 72.4 Å². The molecule has 0 aliphatic carbocycles. The number of fused-ring (bicyclic) bond motifs is 2. The van der Waals surface area contributed by atoms with E-state index in [1.54, 1.807) is 30.5 Å². The van der Waals surface area contributed by atoms with Gasteiger partial charge in [0.25, 0.3) is 0 Å². The van der Waals surface area contributed by atoms with Gasteiger partial charge in [-0.2, -0.15) is 4.31 Å². The first-order valence-corrected chi connectivity index (χ1v) is 9.81. The van der Waals surface area contributed by atoms with Crippen LogP contribution in [0, 0.1) is 6.92 Å². The van der Waals surface area contributed by atoms with Crippen LogP contribution in [0.15, 0.2) is 47.5 Å². The number of hydrogen-bond donors (Lipinski definition) is 0. The van der Waals surface area contributed by atoms with Crippen LogP contribution in [-0.2, 0) is 23.0 Å². The number of sulfonamides is 1. The van der Waals surface area contributed by atoms with E-state index >= 15 is 0 Å². The van der Waals surface area contributed by atoms with Crippen molar-refractivity contribution in [2.24, 2.45) is 0 Å². The van der Waals surface area contributed by atoms with Crippen LogP contribution in [0.25, 0.3) is 11.0 Å². The highest BCUT2D eigenvalue weighted by Crippen LogP contribution is 2.27. The Morgan fingerprint density at radius 1 is 1.19 bits per heavy atom. The second-order valence-corrected chi connectivity index (χ2v) is 8.36. The summed E-state index contributed by atoms with van der Waals surface area (Å²) in [6.07, 6.45) is 2.37. The molecule has 134 valence electrons. The number of rotatable bonds is 3. The standard InChI is InChI=1S/C19H19N3O3S/c1-13-8-14-9-15-12-22(7-6-18(15)21-19(14)20-11-13)26(23,24)17-5-3-4-16(10-17)25-2/h3-5,8-11H,6-7,12H2,1-2H3. The van der Waals surface area contributed by atoms with Gasteiger partial charge in [0.15, 0.2) is 5.65 Å². The molecule has 0 amide bonds. The molecule has 2 aromatic heterocycles. The van der Waals surface area contributed by atoms with Crippen LogP contribution in [0.5, 0.6) is 5.75 Å². The molecular weight excluding hydrogens is 350 g/mol. The molecule has 0 bridgehead atoms. The third kappa shape index (κ3) is 2.93. The van der Waals surface area contributed by atoms with Crippen LogP contribution in [-0.4, -0.2) is 36.3 Å². The first kappa shape index (κ1) is 16.9. The molecule has 0 saturated heterocycles. The molecule has 4 rings (SSSR count). The van der Waals surface area contributed by atoms with Crippen LogP contribution < -0.4 is 4.74 Å². The smallest absolute Gasteiger partial charge is 0.243 e. The molecular formula is C19H19N3O3S. The van der Waals surface area contributed by atoms with Crippen molar-refractivity contribution in [3.05, 3.63) is 59.4 Å². The fraction of sp³-hybridized carbons (Fsp3) is 0.263. The molecule has 3 heterocycles. The third-order valence-electron chi connectivity index (χ3n) is 4.60. The molecule has 0 fully saturated rings. The van der Waals surface area contributed by atoms with E-state index in [2.05, 4.69) is 9.97 Å². The summed E-state index contributed by atoms with van der Waals surface area (Å²) in [6, 6.07) is 10.6. The van der Waals surface area contributed by atoms with Crippen molar-refractivity contribution >= 4 is 21.1 Å². The lowest BCUT2D eigenvalue weighted by atomic mass is 10.1. The summed E-state index contributed by atoms with van der Waals surface area (Å²) in [5.74, 6) is 0.526. The molecule has 26 heavy (non-hydrogen) atoms. The van der Waals surface area contributed by atoms with E-state index in [4.69, 9.17) is 4.74 Å². The Hall–Kier alpha value is -2.51. The van der Waals surface area contributed by atoms with E-state index in [9.17, 15) is 8.42 Å². The lowest BCUT2D eigenvalue weighted by molar-refractivity contribution is 0.387. The molecule has 0 unspecified atom stereocenters. The molecule has 0 spiro atoms. The number of ether oxygens (including phenoxy) is 1. The summed E-state index contributed by atoms with van der Waals surface area (Å²) in [4.78, 5) is 9.23. The molecule has 0 radical (unpaired) electrons. The van der Waals surface area contributed by atoms with Gasteiger partial charge in [-0.3, -0.25) is 0 Å². The van der Waals surface area contributed by atoms with E-state index in [0.29, 0.717) is 30.9 Å².